The maximum Gasteiger partial charge on any atom is 0.228 e. The van der Waals surface area contributed by atoms with Gasteiger partial charge in [0.2, 0.25) is 5.69 Å². The van der Waals surface area contributed by atoms with Crippen molar-refractivity contribution in [3.8, 4) is 22.8 Å². The van der Waals surface area contributed by atoms with E-state index in [0.717, 1.165) is 17.9 Å². The molecule has 1 aliphatic carbocycles. The molecule has 2 nitrogen and oxygen atoms in total. The van der Waals surface area contributed by atoms with Gasteiger partial charge in [-0.25, -0.2) is 4.57 Å². The first kappa shape index (κ1) is 23.7. The molecule has 4 aromatic carbocycles. The van der Waals surface area contributed by atoms with E-state index in [1.54, 1.807) is 0 Å². The Morgan fingerprint density at radius 3 is 2.42 bits per heavy atom. The summed E-state index contributed by atoms with van der Waals surface area (Å²) < 4.78 is 9.43. The van der Waals surface area contributed by atoms with E-state index in [-0.39, 0.29) is 5.41 Å². The Hall–Kier alpha value is -3.39. The van der Waals surface area contributed by atoms with Crippen molar-refractivity contribution in [1.29, 1.82) is 0 Å². The first-order valence-electron chi connectivity index (χ1n) is 14.3. The molecule has 0 amide bonds. The summed E-state index contributed by atoms with van der Waals surface area (Å²) in [6, 6.07) is 18.5. The zero-order valence-corrected chi connectivity index (χ0v) is 23.7. The van der Waals surface area contributed by atoms with E-state index in [2.05, 4.69) is 101 Å². The second kappa shape index (κ2) is 8.30. The van der Waals surface area contributed by atoms with Gasteiger partial charge < -0.3 is 4.74 Å². The van der Waals surface area contributed by atoms with E-state index in [1.165, 1.54) is 91.5 Å². The van der Waals surface area contributed by atoms with Crippen LogP contribution in [-0.2, 0) is 13.5 Å². The molecule has 38 heavy (non-hydrogen) atoms. The van der Waals surface area contributed by atoms with Crippen molar-refractivity contribution in [3.63, 3.8) is 0 Å². The van der Waals surface area contributed by atoms with Crippen LogP contribution in [0, 0.1) is 19.3 Å². The first-order chi connectivity index (χ1) is 18.2. The highest BCUT2D eigenvalue weighted by molar-refractivity contribution is 6.17. The quantitative estimate of drug-likeness (QED) is 0.170. The van der Waals surface area contributed by atoms with Gasteiger partial charge in [0.05, 0.1) is 10.9 Å². The Bertz CT molecular complexity index is 1780. The number of hydrogen-bond donors (Lipinski definition) is 0. The SMILES string of the molecule is Cc1ccc2c(CC(C)(C)C)c3c(c(C)c2c1)-c1c2c(cc4c(C5CCCC5)cccc4c2cc[n+]1C)O3. The number of nitrogens with zero attached hydrogens (tertiary/aromatic N) is 1. The third-order valence-corrected chi connectivity index (χ3v) is 9.01. The van der Waals surface area contributed by atoms with Crippen LogP contribution in [0.4, 0.5) is 0 Å². The average molecular weight is 501 g/mol. The van der Waals surface area contributed by atoms with E-state index < -0.39 is 0 Å². The molecule has 2 aliphatic rings. The molecule has 7 rings (SSSR count). The highest BCUT2D eigenvalue weighted by atomic mass is 16.5. The second-order valence-corrected chi connectivity index (χ2v) is 13.1. The fourth-order valence-corrected chi connectivity index (χ4v) is 7.30. The van der Waals surface area contributed by atoms with Crippen molar-refractivity contribution in [3.05, 3.63) is 77.0 Å². The summed E-state index contributed by atoms with van der Waals surface area (Å²) in [5.41, 5.74) is 8.12. The molecular weight excluding hydrogens is 462 g/mol. The Labute approximate surface area is 226 Å². The average Bonchev–Trinajstić information content (AvgIpc) is 3.41. The van der Waals surface area contributed by atoms with Crippen LogP contribution in [0.3, 0.4) is 0 Å². The topological polar surface area (TPSA) is 13.1 Å². The highest BCUT2D eigenvalue weighted by Crippen LogP contribution is 2.53. The smallest absolute Gasteiger partial charge is 0.228 e. The standard InChI is InChI=1S/C36H38NO/c1-21-14-15-26-28(18-21)22(2)32-34-33-27(16-17-37(34)6)25-13-9-12-24(23-10-7-8-11-23)29(25)19-31(33)38-35(32)30(26)20-36(3,4)5/h9,12-19,23H,7-8,10-11,20H2,1-6H3/q+1. The van der Waals surface area contributed by atoms with Crippen LogP contribution in [0.1, 0.15) is 74.6 Å². The number of fused-ring (bicyclic) bond motifs is 5. The molecule has 1 aromatic heterocycles. The fourth-order valence-electron chi connectivity index (χ4n) is 7.30. The largest absolute Gasteiger partial charge is 0.455 e. The molecule has 0 spiro atoms. The van der Waals surface area contributed by atoms with E-state index in [1.807, 2.05) is 0 Å². The maximum absolute atomic E-state index is 7.11. The third-order valence-electron chi connectivity index (χ3n) is 9.01. The number of rotatable bonds is 2. The van der Waals surface area contributed by atoms with Gasteiger partial charge >= 0.3 is 0 Å². The minimum Gasteiger partial charge on any atom is -0.455 e. The molecule has 1 saturated carbocycles. The zero-order chi connectivity index (χ0) is 26.3. The Kier molecular flexibility index (Phi) is 5.18. The molecule has 2 heteroatoms. The van der Waals surface area contributed by atoms with Crippen molar-refractivity contribution in [2.75, 3.05) is 0 Å². The third kappa shape index (κ3) is 3.49. The summed E-state index contributed by atoms with van der Waals surface area (Å²) in [7, 11) is 2.19. The van der Waals surface area contributed by atoms with Gasteiger partial charge in [-0.2, -0.15) is 0 Å². The summed E-state index contributed by atoms with van der Waals surface area (Å²) in [6.07, 6.45) is 8.49. The Morgan fingerprint density at radius 1 is 0.868 bits per heavy atom. The second-order valence-electron chi connectivity index (χ2n) is 13.1. The normalized spacial score (nSPS) is 15.4. The van der Waals surface area contributed by atoms with E-state index in [0.29, 0.717) is 5.92 Å². The molecule has 2 heterocycles. The molecule has 0 unspecified atom stereocenters. The van der Waals surface area contributed by atoms with E-state index in [9.17, 15) is 0 Å². The van der Waals surface area contributed by atoms with Crippen molar-refractivity contribution in [2.45, 2.75) is 72.6 Å². The monoisotopic (exact) mass is 500 g/mol. The number of ether oxygens (including phenoxy) is 1. The van der Waals surface area contributed by atoms with Gasteiger partial charge in [0.1, 0.15) is 18.5 Å². The van der Waals surface area contributed by atoms with Crippen LogP contribution in [0.15, 0.2) is 54.7 Å². The predicted molar refractivity (Wildman–Crippen MR) is 159 cm³/mol. The molecular formula is C36H38NO+. The molecule has 0 radical (unpaired) electrons. The minimum atomic E-state index is 0.137. The molecule has 0 bridgehead atoms. The van der Waals surface area contributed by atoms with Gasteiger partial charge in [0.25, 0.3) is 0 Å². The van der Waals surface area contributed by atoms with Crippen molar-refractivity contribution < 1.29 is 9.30 Å². The first-order valence-corrected chi connectivity index (χ1v) is 14.3. The van der Waals surface area contributed by atoms with Crippen LogP contribution in [0.25, 0.3) is 43.6 Å². The van der Waals surface area contributed by atoms with Crippen molar-refractivity contribution in [2.24, 2.45) is 12.5 Å². The summed E-state index contributed by atoms with van der Waals surface area (Å²) in [5, 5.41) is 7.94. The Morgan fingerprint density at radius 2 is 1.66 bits per heavy atom. The van der Waals surface area contributed by atoms with E-state index >= 15 is 0 Å². The lowest BCUT2D eigenvalue weighted by Crippen LogP contribution is -2.32. The van der Waals surface area contributed by atoms with Crippen molar-refractivity contribution >= 4 is 32.3 Å². The van der Waals surface area contributed by atoms with Gasteiger partial charge in [-0.1, -0.05) is 75.6 Å². The molecule has 1 fully saturated rings. The lowest BCUT2D eigenvalue weighted by atomic mass is 9.81. The molecule has 5 aromatic rings. The summed E-state index contributed by atoms with van der Waals surface area (Å²) in [5.74, 6) is 2.73. The number of aryl methyl sites for hydroxylation is 3. The van der Waals surface area contributed by atoms with Crippen LogP contribution in [0.5, 0.6) is 11.5 Å². The number of pyridine rings is 1. The van der Waals surface area contributed by atoms with Crippen LogP contribution in [0.2, 0.25) is 0 Å². The van der Waals surface area contributed by atoms with E-state index in [4.69, 9.17) is 4.74 Å². The minimum absolute atomic E-state index is 0.137. The molecule has 1 aliphatic heterocycles. The fraction of sp³-hybridized carbons (Fsp3) is 0.361. The van der Waals surface area contributed by atoms with Gasteiger partial charge in [0, 0.05) is 17.0 Å². The van der Waals surface area contributed by atoms with Gasteiger partial charge in [-0.15, -0.1) is 0 Å². The van der Waals surface area contributed by atoms with Gasteiger partial charge in [-0.05, 0) is 83.2 Å². The number of hydrogen-bond acceptors (Lipinski definition) is 1. The highest BCUT2D eigenvalue weighted by Gasteiger charge is 2.35. The zero-order valence-electron chi connectivity index (χ0n) is 23.7. The molecule has 0 N–H and O–H groups in total. The lowest BCUT2D eigenvalue weighted by molar-refractivity contribution is -0.659. The van der Waals surface area contributed by atoms with Gasteiger partial charge in [-0.3, -0.25) is 0 Å². The maximum atomic E-state index is 7.11. The molecule has 0 saturated heterocycles. The summed E-state index contributed by atoms with van der Waals surface area (Å²) in [6.45, 7) is 11.5. The van der Waals surface area contributed by atoms with Crippen molar-refractivity contribution in [1.82, 2.24) is 0 Å². The van der Waals surface area contributed by atoms with Crippen LogP contribution < -0.4 is 9.30 Å². The molecule has 192 valence electrons. The molecule has 0 atom stereocenters. The van der Waals surface area contributed by atoms with Crippen LogP contribution in [-0.4, -0.2) is 0 Å². The number of benzene rings is 4. The predicted octanol–water partition coefficient (Wildman–Crippen LogP) is 9.61. The summed E-state index contributed by atoms with van der Waals surface area (Å²) in [4.78, 5) is 0. The van der Waals surface area contributed by atoms with Crippen LogP contribution >= 0.6 is 0 Å². The Balaban J connectivity index is 1.62. The number of aromatic nitrogens is 1. The summed E-state index contributed by atoms with van der Waals surface area (Å²) >= 11 is 0. The lowest BCUT2D eigenvalue weighted by Gasteiger charge is -2.28. The van der Waals surface area contributed by atoms with Gasteiger partial charge in [0.15, 0.2) is 6.20 Å².